The third-order valence-electron chi connectivity index (χ3n) is 2.98. The summed E-state index contributed by atoms with van der Waals surface area (Å²) in [6.45, 7) is 3.46. The monoisotopic (exact) mass is 319 g/mol. The summed E-state index contributed by atoms with van der Waals surface area (Å²) < 4.78 is 4.64. The Morgan fingerprint density at radius 1 is 1.27 bits per heavy atom. The van der Waals surface area contributed by atoms with Gasteiger partial charge >= 0.3 is 5.97 Å². The molecule has 1 aromatic heterocycles. The fourth-order valence-electron chi connectivity index (χ4n) is 1.86. The third-order valence-corrected chi connectivity index (χ3v) is 3.31. The molecule has 0 saturated heterocycles. The van der Waals surface area contributed by atoms with Gasteiger partial charge in [-0.1, -0.05) is 11.6 Å². The number of esters is 1. The highest BCUT2D eigenvalue weighted by Crippen LogP contribution is 2.24. The van der Waals surface area contributed by atoms with Crippen molar-refractivity contribution in [3.63, 3.8) is 0 Å². The lowest BCUT2D eigenvalue weighted by Crippen LogP contribution is -2.16. The highest BCUT2D eigenvalue weighted by Gasteiger charge is 2.15. The zero-order chi connectivity index (χ0) is 16.3. The van der Waals surface area contributed by atoms with Crippen molar-refractivity contribution in [2.24, 2.45) is 0 Å². The molecule has 2 rings (SSSR count). The molecule has 22 heavy (non-hydrogen) atoms. The van der Waals surface area contributed by atoms with Crippen molar-refractivity contribution in [3.05, 3.63) is 52.1 Å². The van der Waals surface area contributed by atoms with E-state index in [4.69, 9.17) is 11.6 Å². The average molecular weight is 320 g/mol. The van der Waals surface area contributed by atoms with E-state index < -0.39 is 11.9 Å². The Bertz CT molecular complexity index is 747. The van der Waals surface area contributed by atoms with Crippen molar-refractivity contribution in [1.29, 1.82) is 0 Å². The Kier molecular flexibility index (Phi) is 4.72. The normalized spacial score (nSPS) is 10.2. The second kappa shape index (κ2) is 6.53. The second-order valence-corrected chi connectivity index (χ2v) is 4.96. The van der Waals surface area contributed by atoms with Crippen LogP contribution in [0, 0.1) is 13.8 Å². The molecule has 0 unspecified atom stereocenters. The molecule has 2 aromatic rings. The van der Waals surface area contributed by atoms with Crippen LogP contribution in [0.25, 0.3) is 0 Å². The number of hydrogen-bond donors (Lipinski definition) is 1. The number of ether oxygens (including phenoxy) is 1. The van der Waals surface area contributed by atoms with Gasteiger partial charge in [0.2, 0.25) is 0 Å². The molecule has 1 heterocycles. The number of aryl methyl sites for hydroxylation is 2. The van der Waals surface area contributed by atoms with Crippen molar-refractivity contribution in [1.82, 2.24) is 9.97 Å². The van der Waals surface area contributed by atoms with Crippen molar-refractivity contribution in [2.45, 2.75) is 13.8 Å². The highest BCUT2D eigenvalue weighted by atomic mass is 35.5. The minimum Gasteiger partial charge on any atom is -0.465 e. The average Bonchev–Trinajstić information content (AvgIpc) is 2.48. The number of nitrogens with one attached hydrogen (secondary N) is 1. The molecule has 0 bridgehead atoms. The minimum absolute atomic E-state index is 0.291. The van der Waals surface area contributed by atoms with E-state index in [-0.39, 0.29) is 0 Å². The van der Waals surface area contributed by atoms with Gasteiger partial charge in [0.1, 0.15) is 5.82 Å². The number of nitrogens with zero attached hydrogens (tertiary/aromatic N) is 2. The van der Waals surface area contributed by atoms with Crippen LogP contribution in [0.15, 0.2) is 24.4 Å². The number of carbonyl (C=O) groups is 2. The molecular formula is C15H14ClN3O3. The fourth-order valence-corrected chi connectivity index (χ4v) is 2.03. The summed E-state index contributed by atoms with van der Waals surface area (Å²) in [4.78, 5) is 32.0. The van der Waals surface area contributed by atoms with E-state index in [1.807, 2.05) is 0 Å². The number of amides is 1. The van der Waals surface area contributed by atoms with Gasteiger partial charge in [0, 0.05) is 6.20 Å². The van der Waals surface area contributed by atoms with Crippen LogP contribution in [-0.4, -0.2) is 29.0 Å². The third kappa shape index (κ3) is 3.40. The maximum absolute atomic E-state index is 12.3. The summed E-state index contributed by atoms with van der Waals surface area (Å²) in [7, 11) is 1.28. The maximum atomic E-state index is 12.3. The van der Waals surface area contributed by atoms with Crippen LogP contribution < -0.4 is 5.32 Å². The van der Waals surface area contributed by atoms with Crippen molar-refractivity contribution < 1.29 is 14.3 Å². The summed E-state index contributed by atoms with van der Waals surface area (Å²) in [5.41, 5.74) is 1.50. The predicted octanol–water partition coefficient (Wildman–Crippen LogP) is 2.79. The van der Waals surface area contributed by atoms with Crippen molar-refractivity contribution in [2.75, 3.05) is 12.4 Å². The number of halogens is 1. The minimum atomic E-state index is -0.512. The van der Waals surface area contributed by atoms with Crippen LogP contribution in [0.1, 0.15) is 32.2 Å². The van der Waals surface area contributed by atoms with Gasteiger partial charge in [0.15, 0.2) is 0 Å². The molecule has 0 spiro atoms. The molecule has 1 amide bonds. The highest BCUT2D eigenvalue weighted by molar-refractivity contribution is 6.34. The molecule has 0 aliphatic heterocycles. The summed E-state index contributed by atoms with van der Waals surface area (Å²) in [5, 5.41) is 2.96. The van der Waals surface area contributed by atoms with Gasteiger partial charge in [-0.2, -0.15) is 0 Å². The fraction of sp³-hybridized carbons (Fsp3) is 0.200. The standard InChI is InChI=1S/C15H14ClN3O3/c1-8-11(7-17-9(2)18-8)14(20)19-13-6-10(15(21)22-3)4-5-12(13)16/h4-7H,1-3H3,(H,19,20). The summed E-state index contributed by atoms with van der Waals surface area (Å²) >= 11 is 6.04. The van der Waals surface area contributed by atoms with Crippen LogP contribution in [0.3, 0.4) is 0 Å². The zero-order valence-corrected chi connectivity index (χ0v) is 13.1. The second-order valence-electron chi connectivity index (χ2n) is 4.56. The van der Waals surface area contributed by atoms with E-state index in [0.29, 0.717) is 33.4 Å². The van der Waals surface area contributed by atoms with Crippen molar-refractivity contribution >= 4 is 29.2 Å². The summed E-state index contributed by atoms with van der Waals surface area (Å²) in [6.07, 6.45) is 1.45. The van der Waals surface area contributed by atoms with E-state index in [2.05, 4.69) is 20.0 Å². The Morgan fingerprint density at radius 3 is 2.64 bits per heavy atom. The van der Waals surface area contributed by atoms with Crippen LogP contribution in [0.5, 0.6) is 0 Å². The SMILES string of the molecule is COC(=O)c1ccc(Cl)c(NC(=O)c2cnc(C)nc2C)c1. The van der Waals surface area contributed by atoms with E-state index in [1.54, 1.807) is 13.8 Å². The Balaban J connectivity index is 2.29. The number of rotatable bonds is 3. The predicted molar refractivity (Wildman–Crippen MR) is 82.3 cm³/mol. The number of benzene rings is 1. The topological polar surface area (TPSA) is 81.2 Å². The maximum Gasteiger partial charge on any atom is 0.337 e. The van der Waals surface area contributed by atoms with Gasteiger partial charge < -0.3 is 10.1 Å². The van der Waals surface area contributed by atoms with Crippen molar-refractivity contribution in [3.8, 4) is 0 Å². The summed E-state index contributed by atoms with van der Waals surface area (Å²) in [5.74, 6) is -0.330. The molecular weight excluding hydrogens is 306 g/mol. The molecule has 1 aromatic carbocycles. The molecule has 0 radical (unpaired) electrons. The number of aromatic nitrogens is 2. The van der Waals surface area contributed by atoms with Crippen LogP contribution in [-0.2, 0) is 4.74 Å². The largest absolute Gasteiger partial charge is 0.465 e. The molecule has 1 N–H and O–H groups in total. The number of carbonyl (C=O) groups excluding carboxylic acids is 2. The lowest BCUT2D eigenvalue weighted by Gasteiger charge is -2.10. The Morgan fingerprint density at radius 2 is 2.00 bits per heavy atom. The van der Waals surface area contributed by atoms with Gasteiger partial charge in [-0.3, -0.25) is 4.79 Å². The van der Waals surface area contributed by atoms with Gasteiger partial charge in [-0.25, -0.2) is 14.8 Å². The lowest BCUT2D eigenvalue weighted by molar-refractivity contribution is 0.0600. The molecule has 114 valence electrons. The van der Waals surface area contributed by atoms with Gasteiger partial charge in [-0.05, 0) is 32.0 Å². The molecule has 0 aliphatic rings. The van der Waals surface area contributed by atoms with Crippen LogP contribution >= 0.6 is 11.6 Å². The number of anilines is 1. The molecule has 7 heteroatoms. The Hall–Kier alpha value is -2.47. The van der Waals surface area contributed by atoms with E-state index in [1.165, 1.54) is 31.5 Å². The van der Waals surface area contributed by atoms with E-state index in [9.17, 15) is 9.59 Å². The number of methoxy groups -OCH3 is 1. The van der Waals surface area contributed by atoms with Gasteiger partial charge in [0.25, 0.3) is 5.91 Å². The summed E-state index contributed by atoms with van der Waals surface area (Å²) in [6, 6.07) is 4.49. The molecule has 0 atom stereocenters. The molecule has 6 nitrogen and oxygen atoms in total. The molecule has 0 fully saturated rings. The Labute approximate surface area is 132 Å². The first kappa shape index (κ1) is 15.9. The van der Waals surface area contributed by atoms with Crippen LogP contribution in [0.4, 0.5) is 5.69 Å². The first-order valence-corrected chi connectivity index (χ1v) is 6.79. The molecule has 0 aliphatic carbocycles. The van der Waals surface area contributed by atoms with Crippen LogP contribution in [0.2, 0.25) is 5.02 Å². The zero-order valence-electron chi connectivity index (χ0n) is 12.3. The quantitative estimate of drug-likeness (QED) is 0.880. The lowest BCUT2D eigenvalue weighted by atomic mass is 10.2. The van der Waals surface area contributed by atoms with E-state index in [0.717, 1.165) is 0 Å². The van der Waals surface area contributed by atoms with Gasteiger partial charge in [0.05, 0.1) is 34.6 Å². The number of hydrogen-bond acceptors (Lipinski definition) is 5. The van der Waals surface area contributed by atoms with Gasteiger partial charge in [-0.15, -0.1) is 0 Å². The smallest absolute Gasteiger partial charge is 0.337 e. The van der Waals surface area contributed by atoms with E-state index >= 15 is 0 Å². The molecule has 0 saturated carbocycles. The first-order valence-electron chi connectivity index (χ1n) is 6.42. The first-order chi connectivity index (χ1) is 10.4.